The van der Waals surface area contributed by atoms with Gasteiger partial charge < -0.3 is 15.0 Å². The third-order valence-electron chi connectivity index (χ3n) is 5.78. The molecule has 2 aromatic heterocycles. The summed E-state index contributed by atoms with van der Waals surface area (Å²) in [6.07, 6.45) is 3.92. The van der Waals surface area contributed by atoms with Gasteiger partial charge in [0.1, 0.15) is 0 Å². The van der Waals surface area contributed by atoms with Gasteiger partial charge in [0.2, 0.25) is 17.7 Å². The number of aromatic nitrogens is 3. The van der Waals surface area contributed by atoms with E-state index in [1.54, 1.807) is 4.52 Å². The molecule has 2 saturated heterocycles. The molecule has 0 aromatic carbocycles. The molecule has 1 unspecified atom stereocenters. The van der Waals surface area contributed by atoms with Crippen LogP contribution >= 0.6 is 0 Å². The molecule has 0 bridgehead atoms. The van der Waals surface area contributed by atoms with E-state index in [1.807, 2.05) is 23.2 Å². The first-order valence-corrected chi connectivity index (χ1v) is 10.6. The highest BCUT2D eigenvalue weighted by atomic mass is 16.5. The molecule has 2 aliphatic rings. The second-order valence-corrected chi connectivity index (χ2v) is 9.17. The SMILES string of the molecule is CC(C)(C)c1cn2nc(OCC3CCN(C(=O)C4CC(=O)NCN4)CC3)ccc2n1. The molecule has 0 saturated carbocycles. The third kappa shape index (κ3) is 4.56. The van der Waals surface area contributed by atoms with Gasteiger partial charge in [-0.05, 0) is 24.8 Å². The van der Waals surface area contributed by atoms with Crippen molar-refractivity contribution in [1.82, 2.24) is 30.1 Å². The number of likely N-dealkylation sites (tertiary alicyclic amines) is 1. The van der Waals surface area contributed by atoms with Crippen molar-refractivity contribution in [3.8, 4) is 5.88 Å². The summed E-state index contributed by atoms with van der Waals surface area (Å²) < 4.78 is 7.71. The predicted octanol–water partition coefficient (Wildman–Crippen LogP) is 1.08. The smallest absolute Gasteiger partial charge is 0.240 e. The summed E-state index contributed by atoms with van der Waals surface area (Å²) in [6.45, 7) is 8.69. The fraction of sp³-hybridized carbons (Fsp3) is 0.619. The maximum atomic E-state index is 12.6. The van der Waals surface area contributed by atoms with E-state index in [9.17, 15) is 9.59 Å². The van der Waals surface area contributed by atoms with E-state index in [0.29, 0.717) is 38.2 Å². The number of ether oxygens (including phenoxy) is 1. The third-order valence-corrected chi connectivity index (χ3v) is 5.78. The van der Waals surface area contributed by atoms with E-state index in [0.717, 1.165) is 24.2 Å². The predicted molar refractivity (Wildman–Crippen MR) is 111 cm³/mol. The molecule has 2 amide bonds. The molecule has 4 heterocycles. The summed E-state index contributed by atoms with van der Waals surface area (Å²) in [7, 11) is 0. The summed E-state index contributed by atoms with van der Waals surface area (Å²) >= 11 is 0. The number of imidazole rings is 1. The number of nitrogens with one attached hydrogen (secondary N) is 2. The Bertz CT molecular complexity index is 926. The second-order valence-electron chi connectivity index (χ2n) is 9.17. The van der Waals surface area contributed by atoms with Crippen molar-refractivity contribution >= 4 is 17.5 Å². The van der Waals surface area contributed by atoms with Crippen LogP contribution in [0.3, 0.4) is 0 Å². The highest BCUT2D eigenvalue weighted by Crippen LogP contribution is 2.23. The molecule has 2 N–H and O–H groups in total. The largest absolute Gasteiger partial charge is 0.476 e. The lowest BCUT2D eigenvalue weighted by atomic mass is 9.93. The van der Waals surface area contributed by atoms with Crippen molar-refractivity contribution in [2.45, 2.75) is 51.5 Å². The van der Waals surface area contributed by atoms with Crippen molar-refractivity contribution in [1.29, 1.82) is 0 Å². The van der Waals surface area contributed by atoms with Crippen LogP contribution in [-0.2, 0) is 15.0 Å². The average Bonchev–Trinajstić information content (AvgIpc) is 3.16. The Balaban J connectivity index is 1.28. The van der Waals surface area contributed by atoms with Crippen LogP contribution < -0.4 is 15.4 Å². The Morgan fingerprint density at radius 2 is 2.03 bits per heavy atom. The second kappa shape index (κ2) is 8.22. The van der Waals surface area contributed by atoms with E-state index in [-0.39, 0.29) is 23.7 Å². The highest BCUT2D eigenvalue weighted by Gasteiger charge is 2.31. The summed E-state index contributed by atoms with van der Waals surface area (Å²) in [6, 6.07) is 3.37. The fourth-order valence-corrected chi connectivity index (χ4v) is 3.82. The average molecular weight is 415 g/mol. The van der Waals surface area contributed by atoms with Gasteiger partial charge in [0.15, 0.2) is 5.65 Å². The zero-order chi connectivity index (χ0) is 21.3. The zero-order valence-electron chi connectivity index (χ0n) is 17.9. The van der Waals surface area contributed by atoms with Crippen LogP contribution in [0.25, 0.3) is 5.65 Å². The van der Waals surface area contributed by atoms with Gasteiger partial charge in [-0.3, -0.25) is 14.9 Å². The minimum atomic E-state index is -0.407. The Labute approximate surface area is 176 Å². The molecule has 2 aromatic rings. The van der Waals surface area contributed by atoms with Crippen LogP contribution in [0.4, 0.5) is 0 Å². The fourth-order valence-electron chi connectivity index (χ4n) is 3.82. The van der Waals surface area contributed by atoms with Crippen molar-refractivity contribution < 1.29 is 14.3 Å². The van der Waals surface area contributed by atoms with Crippen LogP contribution in [0.1, 0.15) is 45.7 Å². The summed E-state index contributed by atoms with van der Waals surface area (Å²) in [4.78, 5) is 30.6. The first kappa shape index (κ1) is 20.6. The number of hydrogen-bond acceptors (Lipinski definition) is 6. The van der Waals surface area contributed by atoms with Gasteiger partial charge in [-0.1, -0.05) is 20.8 Å². The monoisotopic (exact) mass is 414 g/mol. The first-order valence-electron chi connectivity index (χ1n) is 10.6. The van der Waals surface area contributed by atoms with Crippen LogP contribution in [0, 0.1) is 5.92 Å². The molecule has 2 fully saturated rings. The number of hydrogen-bond donors (Lipinski definition) is 2. The Hall–Kier alpha value is -2.68. The van der Waals surface area contributed by atoms with Crippen molar-refractivity contribution in [3.05, 3.63) is 24.0 Å². The quantitative estimate of drug-likeness (QED) is 0.777. The Morgan fingerprint density at radius 1 is 1.27 bits per heavy atom. The lowest BCUT2D eigenvalue weighted by molar-refractivity contribution is -0.138. The van der Waals surface area contributed by atoms with Gasteiger partial charge in [-0.15, -0.1) is 5.10 Å². The number of amides is 2. The van der Waals surface area contributed by atoms with Crippen molar-refractivity contribution in [2.24, 2.45) is 5.92 Å². The van der Waals surface area contributed by atoms with Gasteiger partial charge in [-0.2, -0.15) is 0 Å². The lowest BCUT2D eigenvalue weighted by Crippen LogP contribution is -2.56. The summed E-state index contributed by atoms with van der Waals surface area (Å²) in [5.74, 6) is 0.900. The molecule has 0 aliphatic carbocycles. The molecule has 9 heteroatoms. The highest BCUT2D eigenvalue weighted by molar-refractivity contribution is 5.89. The Morgan fingerprint density at radius 3 is 2.73 bits per heavy atom. The number of fused-ring (bicyclic) bond motifs is 1. The molecular formula is C21H30N6O3. The molecule has 0 radical (unpaired) electrons. The van der Waals surface area contributed by atoms with Gasteiger partial charge in [-0.25, -0.2) is 9.50 Å². The molecule has 9 nitrogen and oxygen atoms in total. The molecule has 2 aliphatic heterocycles. The molecule has 0 spiro atoms. The molecule has 30 heavy (non-hydrogen) atoms. The molecular weight excluding hydrogens is 384 g/mol. The number of carbonyl (C=O) groups is 2. The minimum absolute atomic E-state index is 0.0195. The van der Waals surface area contributed by atoms with Crippen LogP contribution in [0.2, 0.25) is 0 Å². The van der Waals surface area contributed by atoms with Gasteiger partial charge >= 0.3 is 0 Å². The number of piperidine rings is 1. The summed E-state index contributed by atoms with van der Waals surface area (Å²) in [5.41, 5.74) is 1.77. The summed E-state index contributed by atoms with van der Waals surface area (Å²) in [5, 5.41) is 10.3. The van der Waals surface area contributed by atoms with Crippen molar-refractivity contribution in [3.63, 3.8) is 0 Å². The minimum Gasteiger partial charge on any atom is -0.476 e. The number of rotatable bonds is 4. The van der Waals surface area contributed by atoms with Gasteiger partial charge in [0.05, 0.1) is 37.6 Å². The van der Waals surface area contributed by atoms with E-state index in [1.165, 1.54) is 0 Å². The number of carbonyl (C=O) groups excluding carboxylic acids is 2. The van der Waals surface area contributed by atoms with Gasteiger partial charge in [0.25, 0.3) is 0 Å². The van der Waals surface area contributed by atoms with Crippen molar-refractivity contribution in [2.75, 3.05) is 26.4 Å². The zero-order valence-corrected chi connectivity index (χ0v) is 17.9. The first-order chi connectivity index (χ1) is 14.3. The molecule has 4 rings (SSSR count). The lowest BCUT2D eigenvalue weighted by Gasteiger charge is -2.35. The van der Waals surface area contributed by atoms with E-state index < -0.39 is 6.04 Å². The van der Waals surface area contributed by atoms with E-state index >= 15 is 0 Å². The molecule has 1 atom stereocenters. The maximum absolute atomic E-state index is 12.6. The normalized spacial score (nSPS) is 21.0. The van der Waals surface area contributed by atoms with Crippen LogP contribution in [-0.4, -0.2) is 63.7 Å². The van der Waals surface area contributed by atoms with Crippen LogP contribution in [0.15, 0.2) is 18.3 Å². The maximum Gasteiger partial charge on any atom is 0.240 e. The van der Waals surface area contributed by atoms with Crippen LogP contribution in [0.5, 0.6) is 5.88 Å². The van der Waals surface area contributed by atoms with E-state index in [4.69, 9.17) is 4.74 Å². The standard InChI is InChI=1S/C21H30N6O3/c1-21(2,3)16-11-27-17(24-16)4-5-19(25-27)30-12-14-6-8-26(9-7-14)20(29)15-10-18(28)23-13-22-15/h4-5,11,14-15,22H,6-10,12-13H2,1-3H3,(H,23,28). The Kier molecular flexibility index (Phi) is 5.64. The van der Waals surface area contributed by atoms with Gasteiger partial charge in [0, 0.05) is 24.6 Å². The number of nitrogens with zero attached hydrogens (tertiary/aromatic N) is 4. The topological polar surface area (TPSA) is 101 Å². The molecule has 162 valence electrons. The van der Waals surface area contributed by atoms with E-state index in [2.05, 4.69) is 41.5 Å².